The molecule has 3 amide bonds. The maximum atomic E-state index is 14.2. The molecule has 5 aromatic carbocycles. The molecule has 0 saturated carbocycles. The molecule has 3 N–H and O–H groups in total. The number of nitrogens with one attached hydrogen (secondary N) is 3. The number of allylic oxidation sites excluding steroid dienone is 1. The van der Waals surface area contributed by atoms with E-state index in [2.05, 4.69) is 28.1 Å². The van der Waals surface area contributed by atoms with E-state index in [9.17, 15) is 19.2 Å². The molecule has 0 saturated heterocycles. The largest absolute Gasteiger partial charge is 0.464 e. The van der Waals surface area contributed by atoms with Crippen LogP contribution >= 0.6 is 11.8 Å². The molecule has 0 radical (unpaired) electrons. The molecule has 0 aromatic heterocycles. The van der Waals surface area contributed by atoms with Crippen LogP contribution in [0.2, 0.25) is 0 Å². The number of hydrogen-bond acceptors (Lipinski definition) is 7. The average molecular weight is 782 g/mol. The van der Waals surface area contributed by atoms with Gasteiger partial charge in [-0.05, 0) is 51.8 Å². The van der Waals surface area contributed by atoms with E-state index < -0.39 is 40.7 Å². The molecule has 1 aliphatic rings. The number of carbonyl (C=O) groups is 4. The van der Waals surface area contributed by atoms with Crippen molar-refractivity contribution < 1.29 is 28.7 Å². The first-order valence-electron chi connectivity index (χ1n) is 19.0. The fourth-order valence-electron chi connectivity index (χ4n) is 7.29. The number of methoxy groups -OCH3 is 1. The predicted octanol–water partition coefficient (Wildman–Crippen LogP) is 7.95. The molecule has 0 spiro atoms. The van der Waals surface area contributed by atoms with Crippen LogP contribution in [-0.2, 0) is 28.6 Å². The van der Waals surface area contributed by atoms with Crippen LogP contribution in [0.5, 0.6) is 0 Å². The minimum atomic E-state index is -1.16. The van der Waals surface area contributed by atoms with Crippen molar-refractivity contribution in [2.75, 3.05) is 19.5 Å². The number of esters is 1. The SMILES string of the molecule is C/C=C(/NC(=O)C(CSC(c1ccccc1)(c1ccccc1)c1ccccc1)NC(=O)C(NC(=O)OCC1c2ccccc2-c2ccccc21)C(C)C)C(=O)OC. The minimum absolute atomic E-state index is 0.0654. The van der Waals surface area contributed by atoms with Crippen LogP contribution in [0, 0.1) is 5.92 Å². The number of fused-ring (bicyclic) bond motifs is 3. The van der Waals surface area contributed by atoms with Crippen LogP contribution in [0.3, 0.4) is 0 Å². The maximum Gasteiger partial charge on any atom is 0.407 e. The van der Waals surface area contributed by atoms with Crippen LogP contribution in [0.1, 0.15) is 54.5 Å². The van der Waals surface area contributed by atoms with Gasteiger partial charge in [-0.1, -0.05) is 159 Å². The van der Waals surface area contributed by atoms with Crippen LogP contribution in [0.25, 0.3) is 11.1 Å². The monoisotopic (exact) mass is 781 g/mol. The Labute approximate surface area is 338 Å². The number of alkyl carbamates (subject to hydrolysis) is 1. The zero-order valence-electron chi connectivity index (χ0n) is 32.4. The first-order chi connectivity index (χ1) is 27.7. The lowest BCUT2D eigenvalue weighted by molar-refractivity contribution is -0.138. The summed E-state index contributed by atoms with van der Waals surface area (Å²) in [6, 6.07) is 43.8. The summed E-state index contributed by atoms with van der Waals surface area (Å²) in [7, 11) is 1.23. The zero-order chi connectivity index (χ0) is 40.4. The summed E-state index contributed by atoms with van der Waals surface area (Å²) >= 11 is 1.48. The van der Waals surface area contributed by atoms with Crippen LogP contribution in [-0.4, -0.2) is 55.4 Å². The molecule has 0 fully saturated rings. The minimum Gasteiger partial charge on any atom is -0.464 e. The Morgan fingerprint density at radius 2 is 1.16 bits per heavy atom. The lowest BCUT2D eigenvalue weighted by atomic mass is 9.84. The van der Waals surface area contributed by atoms with Gasteiger partial charge in [0.2, 0.25) is 11.8 Å². The van der Waals surface area contributed by atoms with Gasteiger partial charge in [0.25, 0.3) is 0 Å². The fourth-order valence-corrected chi connectivity index (χ4v) is 8.85. The molecule has 9 nitrogen and oxygen atoms in total. The van der Waals surface area contributed by atoms with Crippen molar-refractivity contribution >= 4 is 35.6 Å². The van der Waals surface area contributed by atoms with Crippen molar-refractivity contribution in [3.8, 4) is 11.1 Å². The molecule has 2 unspecified atom stereocenters. The molecule has 57 heavy (non-hydrogen) atoms. The third-order valence-electron chi connectivity index (χ3n) is 10.2. The summed E-state index contributed by atoms with van der Waals surface area (Å²) in [5, 5.41) is 8.35. The maximum absolute atomic E-state index is 14.2. The van der Waals surface area contributed by atoms with E-state index in [0.29, 0.717) is 0 Å². The lowest BCUT2D eigenvalue weighted by Gasteiger charge is -2.36. The fraction of sp³-hybridized carbons (Fsp3) is 0.234. The summed E-state index contributed by atoms with van der Waals surface area (Å²) < 4.78 is 9.87. The number of carbonyl (C=O) groups excluding carboxylic acids is 4. The Bertz CT molecular complexity index is 2070. The molecule has 2 atom stereocenters. The number of rotatable bonds is 15. The van der Waals surface area contributed by atoms with Crippen molar-refractivity contribution in [2.45, 2.75) is 43.5 Å². The molecule has 0 aliphatic heterocycles. The number of amides is 3. The van der Waals surface area contributed by atoms with E-state index in [1.54, 1.807) is 20.8 Å². The van der Waals surface area contributed by atoms with Gasteiger partial charge >= 0.3 is 12.1 Å². The highest BCUT2D eigenvalue weighted by atomic mass is 32.2. The number of hydrogen-bond donors (Lipinski definition) is 3. The van der Waals surface area contributed by atoms with Gasteiger partial charge in [0.05, 0.1) is 11.9 Å². The highest BCUT2D eigenvalue weighted by Gasteiger charge is 2.40. The highest BCUT2D eigenvalue weighted by Crippen LogP contribution is 2.49. The quantitative estimate of drug-likeness (QED) is 0.0560. The summed E-state index contributed by atoms with van der Waals surface area (Å²) in [4.78, 5) is 54.4. The molecular formula is C47H47N3O6S. The van der Waals surface area contributed by atoms with Crippen LogP contribution in [0.4, 0.5) is 4.79 Å². The van der Waals surface area contributed by atoms with Crippen molar-refractivity contribution in [2.24, 2.45) is 5.92 Å². The normalized spacial score (nSPS) is 13.5. The van der Waals surface area contributed by atoms with Crippen molar-refractivity contribution in [1.29, 1.82) is 0 Å². The van der Waals surface area contributed by atoms with Gasteiger partial charge in [-0.15, -0.1) is 11.8 Å². The topological polar surface area (TPSA) is 123 Å². The van der Waals surface area contributed by atoms with Gasteiger partial charge in [-0.25, -0.2) is 9.59 Å². The van der Waals surface area contributed by atoms with Crippen molar-refractivity contribution in [1.82, 2.24) is 16.0 Å². The summed E-state index contributed by atoms with van der Waals surface area (Å²) in [5.74, 6) is -2.39. The second kappa shape index (κ2) is 18.7. The molecule has 0 heterocycles. The number of ether oxygens (including phenoxy) is 2. The van der Waals surface area contributed by atoms with Gasteiger partial charge < -0.3 is 25.4 Å². The van der Waals surface area contributed by atoms with E-state index in [4.69, 9.17) is 9.47 Å². The Morgan fingerprint density at radius 1 is 0.684 bits per heavy atom. The molecule has 0 bridgehead atoms. The van der Waals surface area contributed by atoms with E-state index in [1.807, 2.05) is 127 Å². The molecule has 6 rings (SSSR count). The van der Waals surface area contributed by atoms with Crippen LogP contribution < -0.4 is 16.0 Å². The Balaban J connectivity index is 1.26. The van der Waals surface area contributed by atoms with E-state index >= 15 is 0 Å². The van der Waals surface area contributed by atoms with Gasteiger partial charge in [0, 0.05) is 11.7 Å². The van der Waals surface area contributed by atoms with Crippen molar-refractivity contribution in [3.05, 3.63) is 179 Å². The van der Waals surface area contributed by atoms with E-state index in [1.165, 1.54) is 24.9 Å². The highest BCUT2D eigenvalue weighted by molar-refractivity contribution is 8.00. The molecule has 5 aromatic rings. The van der Waals surface area contributed by atoms with Crippen molar-refractivity contribution in [3.63, 3.8) is 0 Å². The molecular weight excluding hydrogens is 735 g/mol. The summed E-state index contributed by atoms with van der Waals surface area (Å²) in [6.07, 6.45) is 0.687. The van der Waals surface area contributed by atoms with Gasteiger partial charge in [0.15, 0.2) is 0 Å². The molecule has 292 valence electrons. The van der Waals surface area contributed by atoms with E-state index in [0.717, 1.165) is 38.9 Å². The smallest absolute Gasteiger partial charge is 0.407 e. The van der Waals surface area contributed by atoms with Gasteiger partial charge in [0.1, 0.15) is 24.4 Å². The van der Waals surface area contributed by atoms with Gasteiger partial charge in [-0.3, -0.25) is 9.59 Å². The Kier molecular flexibility index (Phi) is 13.3. The Hall–Kier alpha value is -6.13. The third-order valence-corrected chi connectivity index (χ3v) is 11.8. The predicted molar refractivity (Wildman–Crippen MR) is 224 cm³/mol. The molecule has 1 aliphatic carbocycles. The lowest BCUT2D eigenvalue weighted by Crippen LogP contribution is -2.56. The van der Waals surface area contributed by atoms with E-state index in [-0.39, 0.29) is 29.9 Å². The molecule has 10 heteroatoms. The first-order valence-corrected chi connectivity index (χ1v) is 19.9. The number of thioether (sulfide) groups is 1. The summed E-state index contributed by atoms with van der Waals surface area (Å²) in [5.41, 5.74) is 7.20. The second-order valence-electron chi connectivity index (χ2n) is 14.0. The first kappa shape index (κ1) is 40.5. The standard InChI is InChI=1S/C47H47N3O6S/c1-5-40(45(53)55-4)48-43(51)41(30-57-47(32-19-9-6-10-20-32,33-21-11-7-12-22-33)34-23-13-8-14-24-34)49-44(52)42(31(2)3)50-46(54)56-29-39-37-27-17-15-25-35(37)36-26-16-18-28-38(36)39/h5-28,31,39,41-42H,29-30H2,1-4H3,(H,48,51)(H,49,52)(H,50,54)/b40-5+. The average Bonchev–Trinajstić information content (AvgIpc) is 3.57. The van der Waals surface area contributed by atoms with Gasteiger partial charge in [-0.2, -0.15) is 0 Å². The third kappa shape index (κ3) is 8.97. The zero-order valence-corrected chi connectivity index (χ0v) is 33.3. The summed E-state index contributed by atoms with van der Waals surface area (Å²) in [6.45, 7) is 5.29. The van der Waals surface area contributed by atoms with Crippen LogP contribution in [0.15, 0.2) is 151 Å². The second-order valence-corrected chi connectivity index (χ2v) is 15.3. The number of benzene rings is 5. The Morgan fingerprint density at radius 3 is 1.61 bits per heavy atom.